The van der Waals surface area contributed by atoms with Crippen molar-refractivity contribution in [3.63, 3.8) is 0 Å². The molecule has 6 aliphatic carbocycles. The van der Waals surface area contributed by atoms with E-state index in [1.165, 1.54) is 49.4 Å². The zero-order valence-corrected chi connectivity index (χ0v) is 44.9. The largest absolute Gasteiger partial charge is 0.435 e. The summed E-state index contributed by atoms with van der Waals surface area (Å²) in [7, 11) is 2.71. The number of Topliss-reactive ketones (excluding diaryl/α,β-unsaturated/α-hetero) is 2. The summed E-state index contributed by atoms with van der Waals surface area (Å²) in [5, 5.41) is 33.7. The molecule has 12 rings (SSSR count). The first-order valence-corrected chi connectivity index (χ1v) is 27.7. The number of aromatic nitrogens is 10. The Morgan fingerprint density at radius 1 is 0.634 bits per heavy atom. The molecule has 0 bridgehead atoms. The first-order chi connectivity index (χ1) is 38.6. The van der Waals surface area contributed by atoms with E-state index in [0.29, 0.717) is 59.4 Å². The number of amides is 2. The number of hydrogen-bond acceptors (Lipinski definition) is 14. The molecule has 4 fully saturated rings. The van der Waals surface area contributed by atoms with Crippen molar-refractivity contribution in [2.24, 2.45) is 37.8 Å². The van der Waals surface area contributed by atoms with E-state index in [4.69, 9.17) is 0 Å². The smallest absolute Gasteiger partial charge is 0.351 e. The van der Waals surface area contributed by atoms with Gasteiger partial charge >= 0.3 is 12.4 Å². The summed E-state index contributed by atoms with van der Waals surface area (Å²) in [6.07, 6.45) is -6.42. The molecule has 6 aromatic rings. The normalized spacial score (nSPS) is 24.6. The van der Waals surface area contributed by atoms with Crippen molar-refractivity contribution in [2.45, 2.75) is 126 Å². The molecule has 0 saturated heterocycles. The number of ketones is 2. The van der Waals surface area contributed by atoms with Crippen LogP contribution in [-0.4, -0.2) is 110 Å². The Labute approximate surface area is 464 Å². The summed E-state index contributed by atoms with van der Waals surface area (Å²) in [6, 6.07) is 1.11. The van der Waals surface area contributed by atoms with Gasteiger partial charge in [0.15, 0.2) is 11.4 Å². The molecule has 32 heteroatoms. The van der Waals surface area contributed by atoms with Crippen molar-refractivity contribution in [1.82, 2.24) is 59.7 Å². The van der Waals surface area contributed by atoms with Gasteiger partial charge in [0.1, 0.15) is 48.2 Å². The predicted octanol–water partition coefficient (Wildman–Crippen LogP) is 8.84. The number of thiophene rings is 2. The molecule has 2 amide bonds. The fraction of sp³-hybridized carbons (Fsp3) is 0.560. The topological polar surface area (TPSA) is 213 Å². The van der Waals surface area contributed by atoms with E-state index in [2.05, 4.69) is 51.9 Å². The molecule has 4 saturated carbocycles. The maximum atomic E-state index is 13.5. The summed E-state index contributed by atoms with van der Waals surface area (Å²) in [5.74, 6) is -10.1. The molecular weight excluding hydrogens is 1150 g/mol. The maximum absolute atomic E-state index is 13.5. The Bertz CT molecular complexity index is 3250. The molecular formula is C50H50F12N14O4S2. The molecule has 0 aliphatic heterocycles. The molecule has 8 atom stereocenters. The molecule has 4 N–H and O–H groups in total. The molecule has 0 unspecified atom stereocenters. The number of aryl methyl sites for hydroxylation is 4. The number of fused-ring (bicyclic) bond motifs is 2. The van der Waals surface area contributed by atoms with Crippen LogP contribution in [0.15, 0.2) is 24.8 Å². The molecule has 6 heterocycles. The highest BCUT2D eigenvalue weighted by atomic mass is 32.1. The van der Waals surface area contributed by atoms with Crippen LogP contribution < -0.4 is 21.3 Å². The fourth-order valence-electron chi connectivity index (χ4n) is 10.5. The van der Waals surface area contributed by atoms with Crippen molar-refractivity contribution in [3.05, 3.63) is 77.9 Å². The van der Waals surface area contributed by atoms with Crippen LogP contribution in [0.1, 0.15) is 113 Å². The van der Waals surface area contributed by atoms with Crippen LogP contribution in [0.2, 0.25) is 0 Å². The maximum Gasteiger partial charge on any atom is 0.435 e. The number of halogens is 12. The highest BCUT2D eigenvalue weighted by Gasteiger charge is 2.57. The Morgan fingerprint density at radius 2 is 1.00 bits per heavy atom. The number of carbonyl (C=O) groups excluding carboxylic acids is 4. The highest BCUT2D eigenvalue weighted by Crippen LogP contribution is 2.50. The summed E-state index contributed by atoms with van der Waals surface area (Å²) >= 11 is 2.60. The van der Waals surface area contributed by atoms with Gasteiger partial charge in [-0.15, -0.1) is 43.1 Å². The molecule has 6 aromatic heterocycles. The van der Waals surface area contributed by atoms with Gasteiger partial charge in [0.05, 0.1) is 23.0 Å². The van der Waals surface area contributed by atoms with E-state index in [1.807, 2.05) is 0 Å². The minimum atomic E-state index is -4.62. The Balaban J connectivity index is 0.000000172. The summed E-state index contributed by atoms with van der Waals surface area (Å²) < 4.78 is 165. The number of anilines is 4. The molecule has 18 nitrogen and oxygen atoms in total. The van der Waals surface area contributed by atoms with Crippen LogP contribution in [0.4, 0.5) is 76.2 Å². The predicted molar refractivity (Wildman–Crippen MR) is 268 cm³/mol. The summed E-state index contributed by atoms with van der Waals surface area (Å²) in [4.78, 5) is 54.6. The third kappa shape index (κ3) is 11.9. The Hall–Kier alpha value is -6.86. The quantitative estimate of drug-likeness (QED) is 0.0595. The molecule has 82 heavy (non-hydrogen) atoms. The third-order valence-corrected chi connectivity index (χ3v) is 18.3. The SMILES string of the molecule is Cn1nc(C(F)(F)F)cc1Nc1nncn1[C@H]1CCc2sc(CC(=O)[C@H]3C[C@H]3F)c(C(=O)NC[C@@H]3CC3(F)F)c2C1.Cn1nc(C(F)(F)F)cc1Nc1nncn1[C@H]1CCc2sc(CC(=O)[C@H]3C[C@H]3F)c(C(=O)NC[C@H]3CC3(F)F)c2C1. The zero-order chi connectivity index (χ0) is 58.5. The van der Waals surface area contributed by atoms with Crippen LogP contribution >= 0.6 is 22.7 Å². The van der Waals surface area contributed by atoms with Gasteiger partial charge in [-0.25, -0.2) is 26.3 Å². The standard InChI is InChI=1S/2C25H25F6N7O2S/c2*1-37-20(7-19(36-37)25(29,30)31)34-23-35-33-10-38(23)12-2-3-17-14(4-12)21(22(40)32-9-11-8-24(11,27)28)18(41-17)6-16(39)13-5-15(13)26/h2*7,10-13,15H,2-6,8-9H2,1H3,(H,32,40)(H,34,35)/t11-,12+,13+,15-;11-,12-,13-,15+/m10/s1. The van der Waals surface area contributed by atoms with E-state index in [9.17, 15) is 71.9 Å². The van der Waals surface area contributed by atoms with Gasteiger partial charge < -0.3 is 21.3 Å². The first kappa shape index (κ1) is 57.0. The zero-order valence-electron chi connectivity index (χ0n) is 43.3. The van der Waals surface area contributed by atoms with E-state index in [1.54, 1.807) is 9.13 Å². The Morgan fingerprint density at radius 3 is 1.32 bits per heavy atom. The van der Waals surface area contributed by atoms with Crippen LogP contribution in [0, 0.1) is 23.7 Å². The van der Waals surface area contributed by atoms with Gasteiger partial charge in [-0.3, -0.25) is 37.7 Å². The van der Waals surface area contributed by atoms with Crippen LogP contribution in [0.25, 0.3) is 0 Å². The lowest BCUT2D eigenvalue weighted by atomic mass is 9.90. The average molecular weight is 1200 g/mol. The van der Waals surface area contributed by atoms with Gasteiger partial charge in [-0.2, -0.15) is 36.5 Å². The lowest BCUT2D eigenvalue weighted by Gasteiger charge is -2.25. The molecule has 0 radical (unpaired) electrons. The minimum Gasteiger partial charge on any atom is -0.351 e. The van der Waals surface area contributed by atoms with Crippen molar-refractivity contribution < 1.29 is 71.9 Å². The second-order valence-corrected chi connectivity index (χ2v) is 24.0. The number of nitrogens with one attached hydrogen (secondary N) is 4. The first-order valence-electron chi connectivity index (χ1n) is 26.1. The lowest BCUT2D eigenvalue weighted by Crippen LogP contribution is -2.29. The van der Waals surface area contributed by atoms with E-state index >= 15 is 0 Å². The second-order valence-electron chi connectivity index (χ2n) is 21.6. The minimum absolute atomic E-state index is 0.0441. The number of rotatable bonds is 18. The van der Waals surface area contributed by atoms with Gasteiger partial charge in [0, 0.05) is 108 Å². The van der Waals surface area contributed by atoms with Gasteiger partial charge in [-0.05, 0) is 62.5 Å². The Kier molecular flexibility index (Phi) is 14.7. The molecule has 0 aromatic carbocycles. The third-order valence-electron chi connectivity index (χ3n) is 15.7. The van der Waals surface area contributed by atoms with Crippen LogP contribution in [0.3, 0.4) is 0 Å². The van der Waals surface area contributed by atoms with Gasteiger partial charge in [0.25, 0.3) is 23.7 Å². The van der Waals surface area contributed by atoms with Crippen molar-refractivity contribution in [2.75, 3.05) is 23.7 Å². The van der Waals surface area contributed by atoms with Gasteiger partial charge in [-0.1, -0.05) is 0 Å². The van der Waals surface area contributed by atoms with Crippen molar-refractivity contribution >= 4 is 69.6 Å². The van der Waals surface area contributed by atoms with E-state index in [0.717, 1.165) is 31.3 Å². The van der Waals surface area contributed by atoms with Crippen LogP contribution in [-0.2, 0) is 74.6 Å². The fourth-order valence-corrected chi connectivity index (χ4v) is 13.2. The number of alkyl halides is 12. The molecule has 0 spiro atoms. The van der Waals surface area contributed by atoms with E-state index < -0.39 is 83.4 Å². The van der Waals surface area contributed by atoms with Crippen LogP contribution in [0.5, 0.6) is 0 Å². The number of carbonyl (C=O) groups is 4. The summed E-state index contributed by atoms with van der Waals surface area (Å²) in [5.41, 5.74) is -0.288. The highest BCUT2D eigenvalue weighted by molar-refractivity contribution is 7.13. The molecule has 6 aliphatic rings. The van der Waals surface area contributed by atoms with Crippen molar-refractivity contribution in [1.29, 1.82) is 0 Å². The summed E-state index contributed by atoms with van der Waals surface area (Å²) in [6.45, 7) is -0.404. The average Bonchev–Trinajstić information content (AvgIpc) is 4.21. The monoisotopic (exact) mass is 1200 g/mol. The van der Waals surface area contributed by atoms with Crippen molar-refractivity contribution in [3.8, 4) is 0 Å². The number of nitrogens with zero attached hydrogens (tertiary/aromatic N) is 10. The second kappa shape index (κ2) is 21.1. The number of hydrogen-bond donors (Lipinski definition) is 4. The lowest BCUT2D eigenvalue weighted by molar-refractivity contribution is -0.142. The van der Waals surface area contributed by atoms with Gasteiger partial charge in [0.2, 0.25) is 11.9 Å². The van der Waals surface area contributed by atoms with E-state index in [-0.39, 0.29) is 110 Å². The molecule has 440 valence electrons.